The standard InChI is InChI=1S/C17H18N2.ClH/c1-12(18)14-8-9-15-16(11-19(2)17(15)10-14)13-6-4-3-5-7-13;/h3-12H,18H2,1-2H3;1H. The van der Waals surface area contributed by atoms with Crippen molar-refractivity contribution in [1.29, 1.82) is 0 Å². The van der Waals surface area contributed by atoms with Gasteiger partial charge in [-0.05, 0) is 24.1 Å². The summed E-state index contributed by atoms with van der Waals surface area (Å²) in [6.45, 7) is 2.02. The van der Waals surface area contributed by atoms with Crippen LogP contribution in [0.5, 0.6) is 0 Å². The molecule has 0 aliphatic carbocycles. The Hall–Kier alpha value is -1.77. The zero-order chi connectivity index (χ0) is 13.4. The molecule has 2 aromatic carbocycles. The molecule has 0 radical (unpaired) electrons. The van der Waals surface area contributed by atoms with Gasteiger partial charge in [0.05, 0.1) is 0 Å². The number of hydrogen-bond donors (Lipinski definition) is 1. The molecule has 0 amide bonds. The molecule has 1 unspecified atom stereocenters. The van der Waals surface area contributed by atoms with Gasteiger partial charge in [-0.2, -0.15) is 0 Å². The number of nitrogens with zero attached hydrogens (tertiary/aromatic N) is 1. The van der Waals surface area contributed by atoms with E-state index < -0.39 is 0 Å². The SMILES string of the molecule is CC(N)c1ccc2c(-c3ccccc3)cn(C)c2c1.Cl. The van der Waals surface area contributed by atoms with Crippen LogP contribution in [0.1, 0.15) is 18.5 Å². The molecule has 0 bridgehead atoms. The summed E-state index contributed by atoms with van der Waals surface area (Å²) < 4.78 is 2.17. The summed E-state index contributed by atoms with van der Waals surface area (Å²) in [6.07, 6.45) is 2.19. The van der Waals surface area contributed by atoms with Gasteiger partial charge in [-0.15, -0.1) is 12.4 Å². The maximum Gasteiger partial charge on any atom is 0.0487 e. The molecule has 1 heterocycles. The Labute approximate surface area is 125 Å². The van der Waals surface area contributed by atoms with Gasteiger partial charge >= 0.3 is 0 Å². The summed E-state index contributed by atoms with van der Waals surface area (Å²) in [5.74, 6) is 0. The second-order valence-corrected chi connectivity index (χ2v) is 5.08. The van der Waals surface area contributed by atoms with Crippen molar-refractivity contribution < 1.29 is 0 Å². The summed E-state index contributed by atoms with van der Waals surface area (Å²) in [7, 11) is 2.08. The molecule has 0 aliphatic heterocycles. The van der Waals surface area contributed by atoms with Crippen LogP contribution in [0, 0.1) is 0 Å². The third-order valence-corrected chi connectivity index (χ3v) is 3.63. The molecule has 2 N–H and O–H groups in total. The number of nitrogens with two attached hydrogens (primary N) is 1. The fourth-order valence-electron chi connectivity index (χ4n) is 2.53. The number of benzene rings is 2. The number of hydrogen-bond acceptors (Lipinski definition) is 1. The van der Waals surface area contributed by atoms with Crippen LogP contribution < -0.4 is 5.73 Å². The van der Waals surface area contributed by atoms with Crippen LogP contribution in [0.15, 0.2) is 54.7 Å². The number of rotatable bonds is 2. The molecule has 2 nitrogen and oxygen atoms in total. The zero-order valence-electron chi connectivity index (χ0n) is 11.7. The lowest BCUT2D eigenvalue weighted by Crippen LogP contribution is -2.04. The molecule has 0 aliphatic rings. The Morgan fingerprint density at radius 3 is 2.40 bits per heavy atom. The number of fused-ring (bicyclic) bond motifs is 1. The van der Waals surface area contributed by atoms with Gasteiger partial charge in [0.2, 0.25) is 0 Å². The van der Waals surface area contributed by atoms with E-state index in [2.05, 4.69) is 60.3 Å². The van der Waals surface area contributed by atoms with Crippen molar-refractivity contribution in [3.8, 4) is 11.1 Å². The highest BCUT2D eigenvalue weighted by atomic mass is 35.5. The molecular formula is C17H19ClN2. The lowest BCUT2D eigenvalue weighted by atomic mass is 10.0. The van der Waals surface area contributed by atoms with Gasteiger partial charge in [-0.1, -0.05) is 42.5 Å². The second-order valence-electron chi connectivity index (χ2n) is 5.08. The maximum absolute atomic E-state index is 5.96. The third-order valence-electron chi connectivity index (χ3n) is 3.63. The van der Waals surface area contributed by atoms with E-state index >= 15 is 0 Å². The van der Waals surface area contributed by atoms with Crippen LogP contribution in [0.3, 0.4) is 0 Å². The first-order valence-electron chi connectivity index (χ1n) is 6.57. The van der Waals surface area contributed by atoms with Crippen molar-refractivity contribution in [2.75, 3.05) is 0 Å². The number of halogens is 1. The smallest absolute Gasteiger partial charge is 0.0487 e. The van der Waals surface area contributed by atoms with E-state index in [1.165, 1.54) is 27.6 Å². The first-order valence-corrected chi connectivity index (χ1v) is 6.57. The highest BCUT2D eigenvalue weighted by Crippen LogP contribution is 2.31. The Morgan fingerprint density at radius 1 is 1.05 bits per heavy atom. The molecule has 3 heteroatoms. The van der Waals surface area contributed by atoms with E-state index in [0.717, 1.165) is 0 Å². The molecule has 0 saturated carbocycles. The largest absolute Gasteiger partial charge is 0.350 e. The molecule has 20 heavy (non-hydrogen) atoms. The summed E-state index contributed by atoms with van der Waals surface area (Å²) in [5, 5.41) is 1.28. The number of aryl methyl sites for hydroxylation is 1. The minimum Gasteiger partial charge on any atom is -0.350 e. The predicted molar refractivity (Wildman–Crippen MR) is 88.2 cm³/mol. The average Bonchev–Trinajstić information content (AvgIpc) is 2.77. The predicted octanol–water partition coefficient (Wildman–Crippen LogP) is 4.29. The number of aromatic nitrogens is 1. The van der Waals surface area contributed by atoms with Crippen molar-refractivity contribution in [3.63, 3.8) is 0 Å². The van der Waals surface area contributed by atoms with Crippen LogP contribution in [0.2, 0.25) is 0 Å². The lowest BCUT2D eigenvalue weighted by molar-refractivity contribution is 0.818. The topological polar surface area (TPSA) is 30.9 Å². The minimum atomic E-state index is 0. The summed E-state index contributed by atoms with van der Waals surface area (Å²) in [5.41, 5.74) is 10.9. The van der Waals surface area contributed by atoms with Gasteiger partial charge in [0.25, 0.3) is 0 Å². The van der Waals surface area contributed by atoms with Crippen molar-refractivity contribution >= 4 is 23.3 Å². The van der Waals surface area contributed by atoms with E-state index in [-0.39, 0.29) is 18.4 Å². The van der Waals surface area contributed by atoms with Crippen LogP contribution in [-0.4, -0.2) is 4.57 Å². The maximum atomic E-state index is 5.96. The van der Waals surface area contributed by atoms with Gasteiger partial charge in [0, 0.05) is 35.8 Å². The first-order chi connectivity index (χ1) is 9.16. The van der Waals surface area contributed by atoms with E-state index in [4.69, 9.17) is 5.73 Å². The van der Waals surface area contributed by atoms with Gasteiger partial charge in [0.15, 0.2) is 0 Å². The third kappa shape index (κ3) is 2.45. The van der Waals surface area contributed by atoms with E-state index in [0.29, 0.717) is 0 Å². The van der Waals surface area contributed by atoms with Crippen LogP contribution in [0.25, 0.3) is 22.0 Å². The normalized spacial score (nSPS) is 12.2. The average molecular weight is 287 g/mol. The van der Waals surface area contributed by atoms with Crippen molar-refractivity contribution in [2.45, 2.75) is 13.0 Å². The van der Waals surface area contributed by atoms with E-state index in [9.17, 15) is 0 Å². The molecular weight excluding hydrogens is 268 g/mol. The van der Waals surface area contributed by atoms with Crippen LogP contribution in [-0.2, 0) is 7.05 Å². The van der Waals surface area contributed by atoms with Crippen LogP contribution in [0.4, 0.5) is 0 Å². The summed E-state index contributed by atoms with van der Waals surface area (Å²) in [6, 6.07) is 17.0. The monoisotopic (exact) mass is 286 g/mol. The van der Waals surface area contributed by atoms with Gasteiger partial charge in [-0.25, -0.2) is 0 Å². The minimum absolute atomic E-state index is 0. The fraction of sp³-hybridized carbons (Fsp3) is 0.176. The highest BCUT2D eigenvalue weighted by Gasteiger charge is 2.10. The quantitative estimate of drug-likeness (QED) is 0.749. The molecule has 3 aromatic rings. The summed E-state index contributed by atoms with van der Waals surface area (Å²) >= 11 is 0. The van der Waals surface area contributed by atoms with Gasteiger partial charge in [0.1, 0.15) is 0 Å². The van der Waals surface area contributed by atoms with Crippen molar-refractivity contribution in [2.24, 2.45) is 12.8 Å². The molecule has 1 atom stereocenters. The van der Waals surface area contributed by atoms with E-state index in [1.54, 1.807) is 0 Å². The van der Waals surface area contributed by atoms with Crippen molar-refractivity contribution in [1.82, 2.24) is 4.57 Å². The van der Waals surface area contributed by atoms with Crippen LogP contribution >= 0.6 is 12.4 Å². The summed E-state index contributed by atoms with van der Waals surface area (Å²) in [4.78, 5) is 0. The Morgan fingerprint density at radius 2 is 1.75 bits per heavy atom. The second kappa shape index (κ2) is 5.70. The zero-order valence-corrected chi connectivity index (χ0v) is 12.5. The lowest BCUT2D eigenvalue weighted by Gasteiger charge is -2.06. The van der Waals surface area contributed by atoms with Gasteiger partial charge in [-0.3, -0.25) is 0 Å². The molecule has 0 saturated heterocycles. The van der Waals surface area contributed by atoms with Crippen molar-refractivity contribution in [3.05, 3.63) is 60.3 Å². The highest BCUT2D eigenvalue weighted by molar-refractivity contribution is 5.96. The molecule has 3 rings (SSSR count). The molecule has 0 spiro atoms. The molecule has 0 fully saturated rings. The van der Waals surface area contributed by atoms with Gasteiger partial charge < -0.3 is 10.3 Å². The molecule has 1 aromatic heterocycles. The Kier molecular flexibility index (Phi) is 4.17. The Balaban J connectivity index is 0.00000147. The van der Waals surface area contributed by atoms with E-state index in [1.807, 2.05) is 13.0 Å². The first kappa shape index (κ1) is 14.6. The Bertz CT molecular complexity index is 714. The fourth-order valence-corrected chi connectivity index (χ4v) is 2.53. The molecule has 104 valence electrons.